The Morgan fingerprint density at radius 1 is 1.14 bits per heavy atom. The lowest BCUT2D eigenvalue weighted by Gasteiger charge is -2.07. The number of imidazole rings is 1. The largest absolute Gasteiger partial charge is 0.489 e. The maximum atomic E-state index is 13.0. The molecule has 1 aromatic heterocycles. The molecule has 0 bridgehead atoms. The molecule has 142 valence electrons. The van der Waals surface area contributed by atoms with Gasteiger partial charge in [0.15, 0.2) is 0 Å². The molecule has 4 nitrogen and oxygen atoms in total. The molecule has 1 heterocycles. The van der Waals surface area contributed by atoms with Crippen LogP contribution in [0.5, 0.6) is 5.75 Å². The minimum absolute atomic E-state index is 0.273. The lowest BCUT2D eigenvalue weighted by molar-refractivity contribution is 0.306. The van der Waals surface area contributed by atoms with Gasteiger partial charge in [-0.15, -0.1) is 0 Å². The van der Waals surface area contributed by atoms with Gasteiger partial charge in [-0.25, -0.2) is 9.37 Å². The standard InChI is InChI=1S/C24H18FN3O/c1-16-5-10-22-23(11-16)28-24(27-22)19(14-26)12-18-3-2-4-21(13-18)29-15-17-6-8-20(25)9-7-17/h2-13H,15H2,1H3,(H,27,28)/b19-12-. The van der Waals surface area contributed by atoms with Crippen molar-refractivity contribution in [2.45, 2.75) is 13.5 Å². The molecule has 0 saturated heterocycles. The Hall–Kier alpha value is -3.91. The number of nitriles is 1. The van der Waals surface area contributed by atoms with E-state index in [0.29, 0.717) is 23.8 Å². The van der Waals surface area contributed by atoms with Crippen molar-refractivity contribution in [1.29, 1.82) is 5.26 Å². The number of aromatic amines is 1. The van der Waals surface area contributed by atoms with E-state index in [-0.39, 0.29) is 5.82 Å². The van der Waals surface area contributed by atoms with Crippen molar-refractivity contribution in [3.05, 3.63) is 95.1 Å². The van der Waals surface area contributed by atoms with Gasteiger partial charge in [0.05, 0.1) is 16.6 Å². The lowest BCUT2D eigenvalue weighted by Crippen LogP contribution is -1.95. The second-order valence-corrected chi connectivity index (χ2v) is 6.76. The summed E-state index contributed by atoms with van der Waals surface area (Å²) >= 11 is 0. The summed E-state index contributed by atoms with van der Waals surface area (Å²) in [5, 5.41) is 9.62. The molecule has 1 N–H and O–H groups in total. The van der Waals surface area contributed by atoms with Gasteiger partial charge in [0.1, 0.15) is 30.1 Å². The minimum atomic E-state index is -0.273. The van der Waals surface area contributed by atoms with Gasteiger partial charge in [-0.05, 0) is 66.1 Å². The predicted molar refractivity (Wildman–Crippen MR) is 111 cm³/mol. The topological polar surface area (TPSA) is 61.7 Å². The first kappa shape index (κ1) is 18.5. The Labute approximate surface area is 167 Å². The Morgan fingerprint density at radius 2 is 1.97 bits per heavy atom. The summed E-state index contributed by atoms with van der Waals surface area (Å²) in [6.45, 7) is 2.35. The molecule has 5 heteroatoms. The van der Waals surface area contributed by atoms with Crippen molar-refractivity contribution in [1.82, 2.24) is 9.97 Å². The first-order valence-electron chi connectivity index (χ1n) is 9.16. The molecule has 29 heavy (non-hydrogen) atoms. The third kappa shape index (κ3) is 4.33. The van der Waals surface area contributed by atoms with Crippen LogP contribution < -0.4 is 4.74 Å². The minimum Gasteiger partial charge on any atom is -0.489 e. The van der Waals surface area contributed by atoms with E-state index in [1.165, 1.54) is 12.1 Å². The van der Waals surface area contributed by atoms with E-state index in [4.69, 9.17) is 4.74 Å². The molecular weight excluding hydrogens is 365 g/mol. The Bertz CT molecular complexity index is 1230. The van der Waals surface area contributed by atoms with Gasteiger partial charge in [-0.3, -0.25) is 0 Å². The van der Waals surface area contributed by atoms with Crippen molar-refractivity contribution in [3.63, 3.8) is 0 Å². The summed E-state index contributed by atoms with van der Waals surface area (Å²) < 4.78 is 18.8. The highest BCUT2D eigenvalue weighted by molar-refractivity contribution is 5.90. The van der Waals surface area contributed by atoms with Gasteiger partial charge in [0, 0.05) is 0 Å². The van der Waals surface area contributed by atoms with Gasteiger partial charge in [-0.1, -0.05) is 30.3 Å². The van der Waals surface area contributed by atoms with Crippen LogP contribution in [0.4, 0.5) is 4.39 Å². The fourth-order valence-corrected chi connectivity index (χ4v) is 3.01. The first-order chi connectivity index (χ1) is 14.1. The molecule has 0 saturated carbocycles. The number of halogens is 1. The second kappa shape index (κ2) is 7.99. The summed E-state index contributed by atoms with van der Waals surface area (Å²) in [6.07, 6.45) is 1.77. The zero-order valence-corrected chi connectivity index (χ0v) is 15.8. The maximum absolute atomic E-state index is 13.0. The number of nitrogens with one attached hydrogen (secondary N) is 1. The van der Waals surface area contributed by atoms with Crippen molar-refractivity contribution in [2.24, 2.45) is 0 Å². The van der Waals surface area contributed by atoms with Crippen molar-refractivity contribution in [3.8, 4) is 11.8 Å². The van der Waals surface area contributed by atoms with Gasteiger partial charge in [0.2, 0.25) is 0 Å². The predicted octanol–water partition coefficient (Wildman–Crippen LogP) is 5.65. The Kier molecular flexibility index (Phi) is 5.08. The quantitative estimate of drug-likeness (QED) is 0.453. The molecule has 0 atom stereocenters. The van der Waals surface area contributed by atoms with Crippen LogP contribution in [0.15, 0.2) is 66.7 Å². The highest BCUT2D eigenvalue weighted by atomic mass is 19.1. The number of hydrogen-bond acceptors (Lipinski definition) is 3. The first-order valence-corrected chi connectivity index (χ1v) is 9.16. The number of rotatable bonds is 5. The van der Waals surface area contributed by atoms with E-state index in [9.17, 15) is 9.65 Å². The highest BCUT2D eigenvalue weighted by Crippen LogP contribution is 2.22. The number of H-pyrrole nitrogens is 1. The number of allylic oxidation sites excluding steroid dienone is 1. The molecule has 0 amide bonds. The van der Waals surface area contributed by atoms with Crippen molar-refractivity contribution >= 4 is 22.7 Å². The summed E-state index contributed by atoms with van der Waals surface area (Å²) in [5.41, 5.74) is 4.99. The number of hydrogen-bond donors (Lipinski definition) is 1. The van der Waals surface area contributed by atoms with Crippen LogP contribution in [0.1, 0.15) is 22.5 Å². The van der Waals surface area contributed by atoms with Crippen molar-refractivity contribution in [2.75, 3.05) is 0 Å². The van der Waals surface area contributed by atoms with E-state index >= 15 is 0 Å². The molecule has 0 aliphatic rings. The lowest BCUT2D eigenvalue weighted by atomic mass is 10.1. The van der Waals surface area contributed by atoms with E-state index in [1.54, 1.807) is 18.2 Å². The van der Waals surface area contributed by atoms with Crippen LogP contribution in [0, 0.1) is 24.1 Å². The third-order valence-corrected chi connectivity index (χ3v) is 4.50. The molecule has 0 aliphatic heterocycles. The monoisotopic (exact) mass is 383 g/mol. The fourth-order valence-electron chi connectivity index (χ4n) is 3.01. The van der Waals surface area contributed by atoms with Crippen LogP contribution >= 0.6 is 0 Å². The Morgan fingerprint density at radius 3 is 2.76 bits per heavy atom. The average Bonchev–Trinajstić information content (AvgIpc) is 3.15. The zero-order chi connectivity index (χ0) is 20.2. The molecule has 0 radical (unpaired) electrons. The highest BCUT2D eigenvalue weighted by Gasteiger charge is 2.08. The van der Waals surface area contributed by atoms with Crippen LogP contribution in [-0.2, 0) is 6.61 Å². The molecule has 3 aromatic carbocycles. The second-order valence-electron chi connectivity index (χ2n) is 6.76. The van der Waals surface area contributed by atoms with E-state index in [0.717, 1.165) is 27.7 Å². The molecule has 4 rings (SSSR count). The SMILES string of the molecule is Cc1ccc2nc(/C(C#N)=C\c3cccc(OCc4ccc(F)cc4)c3)[nH]c2c1. The summed E-state index contributed by atoms with van der Waals surface area (Å²) in [5.74, 6) is 0.928. The Balaban J connectivity index is 1.56. The van der Waals surface area contributed by atoms with Gasteiger partial charge in [0.25, 0.3) is 0 Å². The molecular formula is C24H18FN3O. The zero-order valence-electron chi connectivity index (χ0n) is 15.8. The van der Waals surface area contributed by atoms with E-state index < -0.39 is 0 Å². The van der Waals surface area contributed by atoms with E-state index in [2.05, 4.69) is 16.0 Å². The summed E-state index contributed by atoms with van der Waals surface area (Å²) in [7, 11) is 0. The van der Waals surface area contributed by atoms with Gasteiger partial charge < -0.3 is 9.72 Å². The van der Waals surface area contributed by atoms with Crippen molar-refractivity contribution < 1.29 is 9.13 Å². The number of aryl methyl sites for hydroxylation is 1. The third-order valence-electron chi connectivity index (χ3n) is 4.50. The smallest absolute Gasteiger partial charge is 0.149 e. The number of fused-ring (bicyclic) bond motifs is 1. The maximum Gasteiger partial charge on any atom is 0.149 e. The molecule has 0 aliphatic carbocycles. The summed E-state index contributed by atoms with van der Waals surface area (Å²) in [4.78, 5) is 7.73. The number of ether oxygens (including phenoxy) is 1. The van der Waals surface area contributed by atoms with Crippen LogP contribution in [0.2, 0.25) is 0 Å². The molecule has 4 aromatic rings. The molecule has 0 unspecified atom stereocenters. The van der Waals surface area contributed by atoms with Gasteiger partial charge >= 0.3 is 0 Å². The van der Waals surface area contributed by atoms with Crippen LogP contribution in [-0.4, -0.2) is 9.97 Å². The van der Waals surface area contributed by atoms with Crippen LogP contribution in [0.25, 0.3) is 22.7 Å². The number of nitrogens with zero attached hydrogens (tertiary/aromatic N) is 2. The normalized spacial score (nSPS) is 11.4. The van der Waals surface area contributed by atoms with Crippen LogP contribution in [0.3, 0.4) is 0 Å². The number of benzene rings is 3. The van der Waals surface area contributed by atoms with E-state index in [1.807, 2.05) is 49.4 Å². The van der Waals surface area contributed by atoms with Gasteiger partial charge in [-0.2, -0.15) is 5.26 Å². The fraction of sp³-hybridized carbons (Fsp3) is 0.0833. The number of aromatic nitrogens is 2. The molecule has 0 fully saturated rings. The average molecular weight is 383 g/mol. The molecule has 0 spiro atoms. The summed E-state index contributed by atoms with van der Waals surface area (Å²) in [6, 6.07) is 21.8.